The second-order valence-electron chi connectivity index (χ2n) is 9.54. The summed E-state index contributed by atoms with van der Waals surface area (Å²) in [4.78, 5) is 32.0. The molecule has 3 unspecified atom stereocenters. The van der Waals surface area contributed by atoms with Crippen molar-refractivity contribution in [3.05, 3.63) is 57.7 Å². The Morgan fingerprint density at radius 3 is 2.82 bits per heavy atom. The van der Waals surface area contributed by atoms with E-state index in [1.807, 2.05) is 19.9 Å². The summed E-state index contributed by atoms with van der Waals surface area (Å²) in [5, 5.41) is 7.12. The molecule has 1 saturated heterocycles. The van der Waals surface area contributed by atoms with Crippen LogP contribution in [0.4, 0.5) is 5.69 Å². The summed E-state index contributed by atoms with van der Waals surface area (Å²) in [6.45, 7) is 5.74. The molecular weight excluding hydrogens is 448 g/mol. The molecule has 1 aromatic carbocycles. The van der Waals surface area contributed by atoms with E-state index in [1.54, 1.807) is 24.4 Å². The van der Waals surface area contributed by atoms with E-state index in [1.165, 1.54) is 11.3 Å². The van der Waals surface area contributed by atoms with Crippen molar-refractivity contribution < 1.29 is 9.59 Å². The number of pyridine rings is 1. The van der Waals surface area contributed by atoms with Gasteiger partial charge in [0.25, 0.3) is 5.91 Å². The number of amides is 1. The lowest BCUT2D eigenvalue weighted by Gasteiger charge is -2.36. The molecule has 0 saturated carbocycles. The Morgan fingerprint density at radius 2 is 2.12 bits per heavy atom. The number of nitrogens with one attached hydrogen (secondary N) is 2. The molecule has 1 aliphatic carbocycles. The van der Waals surface area contributed by atoms with E-state index in [4.69, 9.17) is 17.2 Å². The minimum Gasteiger partial charge on any atom is -0.398 e. The van der Waals surface area contributed by atoms with E-state index >= 15 is 0 Å². The third-order valence-corrected chi connectivity index (χ3v) is 8.23. The first kappa shape index (κ1) is 22.9. The lowest BCUT2D eigenvalue weighted by atomic mass is 9.70. The Labute approximate surface area is 202 Å². The van der Waals surface area contributed by atoms with Crippen molar-refractivity contribution >= 4 is 38.8 Å². The third kappa shape index (κ3) is 3.42. The van der Waals surface area contributed by atoms with Crippen LogP contribution in [0.15, 0.2) is 30.5 Å². The van der Waals surface area contributed by atoms with E-state index in [2.05, 4.69) is 15.6 Å². The number of aromatic nitrogens is 1. The summed E-state index contributed by atoms with van der Waals surface area (Å²) in [7, 11) is 0. The number of thiophene rings is 1. The van der Waals surface area contributed by atoms with Crippen molar-refractivity contribution in [3.8, 4) is 0 Å². The predicted molar refractivity (Wildman–Crippen MR) is 135 cm³/mol. The highest BCUT2D eigenvalue weighted by Crippen LogP contribution is 2.49. The molecule has 2 aromatic heterocycles. The number of carbonyl (C=O) groups excluding carboxylic acids is 2. The highest BCUT2D eigenvalue weighted by molar-refractivity contribution is 7.21. The Bertz CT molecular complexity index is 1300. The van der Waals surface area contributed by atoms with Crippen LogP contribution < -0.4 is 27.8 Å². The fraction of sp³-hybridized carbons (Fsp3) is 0.400. The van der Waals surface area contributed by atoms with Gasteiger partial charge in [-0.2, -0.15) is 0 Å². The summed E-state index contributed by atoms with van der Waals surface area (Å²) in [6.07, 6.45) is 3.58. The van der Waals surface area contributed by atoms with E-state index in [-0.39, 0.29) is 23.7 Å². The van der Waals surface area contributed by atoms with Gasteiger partial charge in [-0.05, 0) is 54.6 Å². The highest BCUT2D eigenvalue weighted by atomic mass is 32.1. The second-order valence-corrected chi connectivity index (χ2v) is 10.6. The number of piperidine rings is 1. The average molecular weight is 479 g/mol. The van der Waals surface area contributed by atoms with Crippen molar-refractivity contribution in [2.24, 2.45) is 11.5 Å². The van der Waals surface area contributed by atoms with Crippen LogP contribution in [0, 0.1) is 0 Å². The maximum Gasteiger partial charge on any atom is 0.262 e. The summed E-state index contributed by atoms with van der Waals surface area (Å²) in [5.41, 5.74) is 21.5. The Morgan fingerprint density at radius 1 is 1.32 bits per heavy atom. The molecule has 0 bridgehead atoms. The van der Waals surface area contributed by atoms with Gasteiger partial charge in [0.1, 0.15) is 5.54 Å². The third-order valence-electron chi connectivity index (χ3n) is 6.98. The van der Waals surface area contributed by atoms with Gasteiger partial charge in [0.2, 0.25) is 0 Å². The van der Waals surface area contributed by atoms with Gasteiger partial charge in [0.15, 0.2) is 5.78 Å². The fourth-order valence-electron chi connectivity index (χ4n) is 5.08. The molecule has 3 aromatic rings. The number of nitrogens with two attached hydrogens (primary N) is 3. The smallest absolute Gasteiger partial charge is 0.262 e. The van der Waals surface area contributed by atoms with Gasteiger partial charge in [-0.25, -0.2) is 0 Å². The summed E-state index contributed by atoms with van der Waals surface area (Å²) in [5.74, 6) is -0.406. The van der Waals surface area contributed by atoms with Gasteiger partial charge < -0.3 is 27.8 Å². The van der Waals surface area contributed by atoms with Crippen LogP contribution in [0.25, 0.3) is 10.1 Å². The number of nitrogen functional groups attached to an aromatic ring is 1. The Kier molecular flexibility index (Phi) is 5.68. The molecule has 178 valence electrons. The van der Waals surface area contributed by atoms with Crippen molar-refractivity contribution in [2.45, 2.75) is 50.2 Å². The molecule has 1 aliphatic heterocycles. The van der Waals surface area contributed by atoms with Crippen LogP contribution in [0.1, 0.15) is 70.7 Å². The highest BCUT2D eigenvalue weighted by Gasteiger charge is 2.49. The Hall–Kier alpha value is -2.85. The average Bonchev–Trinajstić information content (AvgIpc) is 3.25. The molecular formula is C25H30N6O2S. The van der Waals surface area contributed by atoms with Gasteiger partial charge in [-0.1, -0.05) is 19.9 Å². The molecule has 0 radical (unpaired) electrons. The number of nitrogens with zero attached hydrogens (tertiary/aromatic N) is 1. The van der Waals surface area contributed by atoms with Crippen LogP contribution in [-0.4, -0.2) is 35.8 Å². The molecule has 3 atom stereocenters. The van der Waals surface area contributed by atoms with E-state index in [9.17, 15) is 9.59 Å². The van der Waals surface area contributed by atoms with Crippen LogP contribution in [0.5, 0.6) is 0 Å². The van der Waals surface area contributed by atoms with Gasteiger partial charge in [-0.15, -0.1) is 11.3 Å². The van der Waals surface area contributed by atoms with Crippen LogP contribution in [0.2, 0.25) is 0 Å². The molecule has 5 rings (SSSR count). The van der Waals surface area contributed by atoms with Crippen LogP contribution in [0.3, 0.4) is 0 Å². The van der Waals surface area contributed by atoms with Gasteiger partial charge >= 0.3 is 0 Å². The molecule has 1 amide bonds. The first-order chi connectivity index (χ1) is 16.2. The Balaban J connectivity index is 1.69. The second kappa shape index (κ2) is 8.42. The fourth-order valence-corrected chi connectivity index (χ4v) is 6.29. The lowest BCUT2D eigenvalue weighted by Crippen LogP contribution is -2.52. The number of hydrogen-bond donors (Lipinski definition) is 5. The normalized spacial score (nSPS) is 24.6. The molecule has 34 heavy (non-hydrogen) atoms. The number of anilines is 1. The molecule has 0 spiro atoms. The number of rotatable bonds is 4. The van der Waals surface area contributed by atoms with Gasteiger partial charge in [-0.3, -0.25) is 14.6 Å². The quantitative estimate of drug-likeness (QED) is 0.361. The molecule has 1 fully saturated rings. The minimum atomic E-state index is -1.47. The molecule has 8 N–H and O–H groups in total. The summed E-state index contributed by atoms with van der Waals surface area (Å²) >= 11 is 1.28. The number of benzene rings is 1. The monoisotopic (exact) mass is 478 g/mol. The number of Topliss-reactive ketones (excluding diaryl/α,β-unsaturated/α-hetero) is 1. The summed E-state index contributed by atoms with van der Waals surface area (Å²) < 4.78 is 0.732. The topological polar surface area (TPSA) is 149 Å². The van der Waals surface area contributed by atoms with Crippen LogP contribution in [-0.2, 0) is 10.3 Å². The van der Waals surface area contributed by atoms with Crippen molar-refractivity contribution in [1.29, 1.82) is 0 Å². The van der Waals surface area contributed by atoms with Crippen molar-refractivity contribution in [3.63, 3.8) is 0 Å². The predicted octanol–water partition coefficient (Wildman–Crippen LogP) is 2.27. The molecule has 2 aliphatic rings. The number of ketones is 1. The standard InChI is InChI=1S/C25H30N6O2S/c1-12(2)17-10-13(7-9-30-17)25(28)15-5-6-16(26)21-18(15)19(20(27)23(25)32)22(34-21)24(33)31-14-4-3-8-29-11-14/h5-7,9-10,12,14,20,29H,3-4,8,11,26-28H2,1-2H3,(H,31,33). The zero-order chi connectivity index (χ0) is 24.2. The number of hydrogen-bond acceptors (Lipinski definition) is 8. The zero-order valence-corrected chi connectivity index (χ0v) is 20.2. The van der Waals surface area contributed by atoms with Crippen LogP contribution >= 0.6 is 11.3 Å². The van der Waals surface area contributed by atoms with E-state index < -0.39 is 11.6 Å². The van der Waals surface area contributed by atoms with E-state index in [0.29, 0.717) is 27.3 Å². The van der Waals surface area contributed by atoms with Gasteiger partial charge in [0, 0.05) is 41.1 Å². The minimum absolute atomic E-state index is 0.0332. The first-order valence-corrected chi connectivity index (χ1v) is 12.5. The lowest BCUT2D eigenvalue weighted by molar-refractivity contribution is -0.124. The number of carbonyl (C=O) groups is 2. The van der Waals surface area contributed by atoms with Crippen molar-refractivity contribution in [2.75, 3.05) is 18.8 Å². The van der Waals surface area contributed by atoms with Gasteiger partial charge in [0.05, 0.1) is 15.6 Å². The zero-order valence-electron chi connectivity index (χ0n) is 19.4. The maximum absolute atomic E-state index is 13.8. The largest absolute Gasteiger partial charge is 0.398 e. The molecule has 8 nitrogen and oxygen atoms in total. The van der Waals surface area contributed by atoms with Crippen molar-refractivity contribution in [1.82, 2.24) is 15.6 Å². The first-order valence-electron chi connectivity index (χ1n) is 11.7. The SMILES string of the molecule is CC(C)c1cc(C2(N)C(=O)C(N)c3c(C(=O)NC4CCCNC4)sc4c(N)ccc2c34)ccn1. The maximum atomic E-state index is 13.8. The summed E-state index contributed by atoms with van der Waals surface area (Å²) in [6, 6.07) is 6.17. The van der Waals surface area contributed by atoms with E-state index in [0.717, 1.165) is 41.7 Å². The molecule has 3 heterocycles. The molecule has 9 heteroatoms.